The molecule has 0 radical (unpaired) electrons. The van der Waals surface area contributed by atoms with Crippen molar-refractivity contribution in [3.8, 4) is 0 Å². The number of fused-ring (bicyclic) bond motifs is 1. The Morgan fingerprint density at radius 3 is 2.22 bits per heavy atom. The number of hydrogen-bond acceptors (Lipinski definition) is 4. The molecule has 0 saturated carbocycles. The quantitative estimate of drug-likeness (QED) is 0.423. The first-order chi connectivity index (χ1) is 8.13. The summed E-state index contributed by atoms with van der Waals surface area (Å²) in [6, 6.07) is 8.40. The van der Waals surface area contributed by atoms with Gasteiger partial charge in [0.05, 0.1) is 0 Å². The van der Waals surface area contributed by atoms with Crippen LogP contribution in [0.5, 0.6) is 0 Å². The lowest BCUT2D eigenvalue weighted by Gasteiger charge is -2.08. The van der Waals surface area contributed by atoms with E-state index in [1.165, 1.54) is 10.2 Å². The third-order valence-electron chi connectivity index (χ3n) is 1.87. The zero-order chi connectivity index (χ0) is 14.0. The van der Waals surface area contributed by atoms with Crippen LogP contribution in [0.4, 0.5) is 13.2 Å². The van der Waals surface area contributed by atoms with E-state index >= 15 is 0 Å². The second-order valence-corrected chi connectivity index (χ2v) is 5.46. The van der Waals surface area contributed by atoms with Crippen LogP contribution in [0.2, 0.25) is 0 Å². The maximum absolute atomic E-state index is 10.7. The average Bonchev–Trinajstić information content (AvgIpc) is 2.59. The first-order valence-corrected chi connectivity index (χ1v) is 6.76. The molecule has 0 bridgehead atoms. The number of aromatic nitrogens is 1. The largest absolute Gasteiger partial charge is 0.741 e. The van der Waals surface area contributed by atoms with Crippen LogP contribution < -0.4 is 4.57 Å². The summed E-state index contributed by atoms with van der Waals surface area (Å²) in [5, 5.41) is 0. The normalized spacial score (nSPS) is 12.1. The Morgan fingerprint density at radius 1 is 1.28 bits per heavy atom. The van der Waals surface area contributed by atoms with Crippen LogP contribution in [0, 0.1) is 0 Å². The maximum Gasteiger partial charge on any atom is 0.485 e. The Morgan fingerprint density at radius 2 is 1.78 bits per heavy atom. The number of thiazole rings is 1. The Kier molecular flexibility index (Phi) is 4.30. The molecule has 2 rings (SSSR count). The van der Waals surface area contributed by atoms with Gasteiger partial charge in [0.1, 0.15) is 11.7 Å². The molecule has 0 N–H and O–H groups in total. The standard InChI is InChI=1S/C8H8NS.CHF3O3S/c1-9-6-10-8-5-3-2-4-7(8)9;2-1(3,4)8(5,6)7/h2-6H,1H3;(H,5,6,7)/q+1;/p-1. The number of para-hydroxylation sites is 1. The highest BCUT2D eigenvalue weighted by Gasteiger charge is 2.36. The van der Waals surface area contributed by atoms with Gasteiger partial charge in [-0.25, -0.2) is 8.42 Å². The van der Waals surface area contributed by atoms with Gasteiger partial charge in [0.2, 0.25) is 11.0 Å². The van der Waals surface area contributed by atoms with Crippen molar-refractivity contribution in [2.45, 2.75) is 5.51 Å². The Hall–Kier alpha value is -1.19. The van der Waals surface area contributed by atoms with E-state index in [1.54, 1.807) is 11.3 Å². The molecular formula is C9H8F3NO3S2. The third-order valence-corrected chi connectivity index (χ3v) is 3.45. The van der Waals surface area contributed by atoms with Crippen molar-refractivity contribution in [3.63, 3.8) is 0 Å². The van der Waals surface area contributed by atoms with Crippen LogP contribution in [0.15, 0.2) is 29.8 Å². The Bertz CT molecular complexity index is 634. The molecule has 0 spiro atoms. The van der Waals surface area contributed by atoms with Crippen molar-refractivity contribution in [1.82, 2.24) is 0 Å². The highest BCUT2D eigenvalue weighted by atomic mass is 32.2. The molecule has 1 aromatic carbocycles. The highest BCUT2D eigenvalue weighted by molar-refractivity contribution is 7.86. The first kappa shape index (κ1) is 14.9. The molecule has 0 aliphatic carbocycles. The molecule has 0 aliphatic rings. The molecule has 0 saturated heterocycles. The predicted molar refractivity (Wildman–Crippen MR) is 58.8 cm³/mol. The van der Waals surface area contributed by atoms with Crippen LogP contribution in [-0.4, -0.2) is 18.5 Å². The van der Waals surface area contributed by atoms with E-state index in [2.05, 4.69) is 41.4 Å². The summed E-state index contributed by atoms with van der Waals surface area (Å²) in [5.41, 5.74) is -2.22. The van der Waals surface area contributed by atoms with Crippen molar-refractivity contribution in [3.05, 3.63) is 29.8 Å². The molecule has 0 atom stereocenters. The van der Waals surface area contributed by atoms with E-state index in [-0.39, 0.29) is 0 Å². The fraction of sp³-hybridized carbons (Fsp3) is 0.222. The van der Waals surface area contributed by atoms with Crippen molar-refractivity contribution in [1.29, 1.82) is 0 Å². The van der Waals surface area contributed by atoms with Gasteiger partial charge in [-0.2, -0.15) is 17.7 Å². The van der Waals surface area contributed by atoms with Gasteiger partial charge in [-0.05, 0) is 6.07 Å². The number of hydrogen-bond donors (Lipinski definition) is 0. The molecular weight excluding hydrogens is 291 g/mol. The third kappa shape index (κ3) is 3.65. The van der Waals surface area contributed by atoms with Gasteiger partial charge < -0.3 is 4.55 Å². The van der Waals surface area contributed by atoms with Gasteiger partial charge in [0.15, 0.2) is 10.1 Å². The zero-order valence-corrected chi connectivity index (χ0v) is 10.6. The zero-order valence-electron chi connectivity index (χ0n) is 9.01. The summed E-state index contributed by atoms with van der Waals surface area (Å²) in [7, 11) is -4.02. The van der Waals surface area contributed by atoms with E-state index in [1.807, 2.05) is 0 Å². The lowest BCUT2D eigenvalue weighted by atomic mass is 10.3. The second-order valence-electron chi connectivity index (χ2n) is 3.20. The van der Waals surface area contributed by atoms with E-state index in [4.69, 9.17) is 13.0 Å². The number of nitrogens with zero attached hydrogens (tertiary/aromatic N) is 1. The molecule has 0 aliphatic heterocycles. The monoisotopic (exact) mass is 299 g/mol. The minimum Gasteiger partial charge on any atom is -0.741 e. The predicted octanol–water partition coefficient (Wildman–Crippen LogP) is 1.78. The van der Waals surface area contributed by atoms with Gasteiger partial charge in [0, 0.05) is 6.07 Å². The number of halogens is 3. The molecule has 1 heterocycles. The highest BCUT2D eigenvalue weighted by Crippen LogP contribution is 2.20. The topological polar surface area (TPSA) is 61.1 Å². The van der Waals surface area contributed by atoms with Gasteiger partial charge in [-0.1, -0.05) is 23.5 Å². The minimum atomic E-state index is -6.09. The van der Waals surface area contributed by atoms with Gasteiger partial charge in [0.25, 0.3) is 0 Å². The van der Waals surface area contributed by atoms with Crippen LogP contribution in [0.25, 0.3) is 10.2 Å². The lowest BCUT2D eigenvalue weighted by molar-refractivity contribution is -0.640. The minimum absolute atomic E-state index is 1.31. The number of rotatable bonds is 0. The Labute approximate surface area is 105 Å². The molecule has 2 aromatic rings. The summed E-state index contributed by atoms with van der Waals surface area (Å²) in [4.78, 5) is 0. The molecule has 100 valence electrons. The fourth-order valence-electron chi connectivity index (χ4n) is 1.04. The van der Waals surface area contributed by atoms with Crippen molar-refractivity contribution >= 4 is 31.7 Å². The molecule has 1 aromatic heterocycles. The average molecular weight is 299 g/mol. The van der Waals surface area contributed by atoms with Crippen LogP contribution in [0.3, 0.4) is 0 Å². The van der Waals surface area contributed by atoms with Crippen LogP contribution in [-0.2, 0) is 17.2 Å². The SMILES string of the molecule is C[n+]1csc2ccccc21.O=S(=O)([O-])C(F)(F)F. The van der Waals surface area contributed by atoms with Crippen LogP contribution >= 0.6 is 11.3 Å². The van der Waals surface area contributed by atoms with Crippen LogP contribution in [0.1, 0.15) is 0 Å². The fourth-order valence-corrected chi connectivity index (χ4v) is 1.92. The number of aryl methyl sites for hydroxylation is 1. The molecule has 0 unspecified atom stereocenters. The van der Waals surface area contributed by atoms with Crippen molar-refractivity contribution in [2.24, 2.45) is 7.05 Å². The van der Waals surface area contributed by atoms with Gasteiger partial charge in [-0.15, -0.1) is 0 Å². The van der Waals surface area contributed by atoms with E-state index < -0.39 is 15.6 Å². The van der Waals surface area contributed by atoms with Crippen molar-refractivity contribution in [2.75, 3.05) is 0 Å². The summed E-state index contributed by atoms with van der Waals surface area (Å²) < 4.78 is 62.4. The second kappa shape index (κ2) is 5.21. The van der Waals surface area contributed by atoms with Crippen molar-refractivity contribution < 1.29 is 30.7 Å². The molecule has 0 amide bonds. The van der Waals surface area contributed by atoms with E-state index in [0.717, 1.165) is 0 Å². The number of benzene rings is 1. The summed E-state index contributed by atoms with van der Waals surface area (Å²) >= 11 is 1.78. The van der Waals surface area contributed by atoms with Gasteiger partial charge >= 0.3 is 5.51 Å². The molecule has 0 fully saturated rings. The molecule has 9 heteroatoms. The summed E-state index contributed by atoms with van der Waals surface area (Å²) in [6.07, 6.45) is 0. The summed E-state index contributed by atoms with van der Waals surface area (Å²) in [6.45, 7) is 0. The van der Waals surface area contributed by atoms with Gasteiger partial charge in [-0.3, -0.25) is 0 Å². The number of alkyl halides is 3. The first-order valence-electron chi connectivity index (χ1n) is 4.47. The summed E-state index contributed by atoms with van der Waals surface area (Å²) in [5.74, 6) is 0. The smallest absolute Gasteiger partial charge is 0.485 e. The molecule has 18 heavy (non-hydrogen) atoms. The van der Waals surface area contributed by atoms with E-state index in [9.17, 15) is 13.2 Å². The van der Waals surface area contributed by atoms with E-state index in [0.29, 0.717) is 0 Å². The Balaban J connectivity index is 0.000000187. The molecule has 4 nitrogen and oxygen atoms in total. The maximum atomic E-state index is 10.7. The lowest BCUT2D eigenvalue weighted by Crippen LogP contribution is -2.24.